The number of halogens is 1. The summed E-state index contributed by atoms with van der Waals surface area (Å²) in [4.78, 5) is 9.25. The van der Waals surface area contributed by atoms with E-state index in [4.69, 9.17) is 10.8 Å². The number of alkyl halides is 1. The number of rotatable bonds is 7. The summed E-state index contributed by atoms with van der Waals surface area (Å²) in [6, 6.07) is 11.5. The summed E-state index contributed by atoms with van der Waals surface area (Å²) in [5.74, 6) is 7.11. The van der Waals surface area contributed by atoms with Crippen molar-refractivity contribution in [3.05, 3.63) is 78.9 Å². The molecule has 1 aliphatic heterocycles. The molecule has 0 atom stereocenters. The summed E-state index contributed by atoms with van der Waals surface area (Å²) in [5, 5.41) is 4.69. The Kier molecular flexibility index (Phi) is 6.89. The van der Waals surface area contributed by atoms with Crippen LogP contribution in [0.4, 0.5) is 15.9 Å². The first kappa shape index (κ1) is 23.3. The fourth-order valence-electron chi connectivity index (χ4n) is 3.60. The lowest BCUT2D eigenvalue weighted by Crippen LogP contribution is -2.31. The fraction of sp³-hybridized carbons (Fsp3) is 0.320. The molecular formula is C25H33FN6. The first-order valence-electron chi connectivity index (χ1n) is 10.7. The molecule has 0 fully saturated rings. The summed E-state index contributed by atoms with van der Waals surface area (Å²) in [7, 11) is 3.80. The molecule has 0 unspecified atom stereocenters. The molecule has 0 aliphatic carbocycles. The van der Waals surface area contributed by atoms with Crippen LogP contribution < -0.4 is 21.0 Å². The van der Waals surface area contributed by atoms with Gasteiger partial charge in [0.1, 0.15) is 11.5 Å². The van der Waals surface area contributed by atoms with E-state index >= 15 is 0 Å². The number of nitrogens with zero attached hydrogens (tertiary/aromatic N) is 4. The minimum atomic E-state index is -1.42. The molecule has 3 rings (SSSR count). The summed E-state index contributed by atoms with van der Waals surface area (Å²) in [6.07, 6.45) is 4.44. The van der Waals surface area contributed by atoms with Gasteiger partial charge in [0.25, 0.3) is 0 Å². The van der Waals surface area contributed by atoms with Gasteiger partial charge >= 0.3 is 0 Å². The molecule has 0 amide bonds. The van der Waals surface area contributed by atoms with Gasteiger partial charge in [0.15, 0.2) is 5.82 Å². The average Bonchev–Trinajstić information content (AvgIpc) is 2.90. The number of aromatic nitrogens is 1. The second-order valence-corrected chi connectivity index (χ2v) is 8.60. The smallest absolute Gasteiger partial charge is 0.158 e. The van der Waals surface area contributed by atoms with Gasteiger partial charge < -0.3 is 20.1 Å². The van der Waals surface area contributed by atoms with Gasteiger partial charge in [0.2, 0.25) is 0 Å². The highest BCUT2D eigenvalue weighted by molar-refractivity contribution is 5.74. The van der Waals surface area contributed by atoms with Crippen LogP contribution in [0.1, 0.15) is 25.8 Å². The highest BCUT2D eigenvalue weighted by Gasteiger charge is 2.24. The van der Waals surface area contributed by atoms with Crippen LogP contribution in [-0.4, -0.2) is 37.2 Å². The van der Waals surface area contributed by atoms with Crippen molar-refractivity contribution in [2.24, 2.45) is 5.84 Å². The zero-order valence-electron chi connectivity index (χ0n) is 19.4. The lowest BCUT2D eigenvalue weighted by atomic mass is 9.97. The van der Waals surface area contributed by atoms with Gasteiger partial charge in [-0.05, 0) is 50.1 Å². The number of nitrogens with two attached hydrogens (primary N) is 1. The molecule has 2 heterocycles. The number of anilines is 2. The molecular weight excluding hydrogens is 403 g/mol. The van der Waals surface area contributed by atoms with Gasteiger partial charge in [0, 0.05) is 44.6 Å². The van der Waals surface area contributed by atoms with Crippen molar-refractivity contribution in [1.29, 1.82) is 0 Å². The fourth-order valence-corrected chi connectivity index (χ4v) is 3.60. The second-order valence-electron chi connectivity index (χ2n) is 8.60. The SMILES string of the molecule is C=C(/C=C\N(C)N)NC(=C)N1CCCN(C)c2ccc(-c3cccc(C(C)(C)F)c3)nc21. The summed E-state index contributed by atoms with van der Waals surface area (Å²) >= 11 is 0. The minimum Gasteiger partial charge on any atom is -0.372 e. The third-order valence-electron chi connectivity index (χ3n) is 5.38. The molecule has 0 spiro atoms. The highest BCUT2D eigenvalue weighted by Crippen LogP contribution is 2.35. The number of nitrogens with one attached hydrogen (secondary N) is 1. The molecule has 0 saturated carbocycles. The molecule has 0 saturated heterocycles. The lowest BCUT2D eigenvalue weighted by Gasteiger charge is -2.27. The Hall–Kier alpha value is -3.32. The van der Waals surface area contributed by atoms with E-state index in [0.29, 0.717) is 17.1 Å². The number of allylic oxidation sites excluding steroid dienone is 1. The van der Waals surface area contributed by atoms with Crippen molar-refractivity contribution < 1.29 is 4.39 Å². The van der Waals surface area contributed by atoms with E-state index < -0.39 is 5.67 Å². The first-order valence-corrected chi connectivity index (χ1v) is 10.7. The van der Waals surface area contributed by atoms with Gasteiger partial charge in [-0.2, -0.15) is 0 Å². The normalized spacial score (nSPS) is 14.2. The molecule has 1 aromatic carbocycles. The molecule has 7 heteroatoms. The van der Waals surface area contributed by atoms with E-state index in [1.54, 1.807) is 39.2 Å². The number of benzene rings is 1. The number of pyridine rings is 1. The maximum atomic E-state index is 14.5. The van der Waals surface area contributed by atoms with Gasteiger partial charge in [-0.1, -0.05) is 31.4 Å². The molecule has 170 valence electrons. The number of hydrogen-bond acceptors (Lipinski definition) is 6. The number of fused-ring (bicyclic) bond motifs is 1. The zero-order valence-corrected chi connectivity index (χ0v) is 19.4. The standard InChI is InChI=1S/C25H33FN6/c1-18(13-16-31(6)27)28-19(2)32-15-8-14-30(5)23-12-11-22(29-24(23)32)20-9-7-10-21(17-20)25(3,4)26/h7,9-13,16-17,28H,1-2,8,14-15,27H2,3-6H3/b16-13-. The van der Waals surface area contributed by atoms with Crippen molar-refractivity contribution in [2.45, 2.75) is 25.9 Å². The maximum absolute atomic E-state index is 14.5. The largest absolute Gasteiger partial charge is 0.372 e. The number of hydrogen-bond donors (Lipinski definition) is 2. The van der Waals surface area contributed by atoms with Crippen LogP contribution >= 0.6 is 0 Å². The summed E-state index contributed by atoms with van der Waals surface area (Å²) in [5.41, 5.74) is 2.54. The third kappa shape index (κ3) is 5.48. The van der Waals surface area contributed by atoms with Crippen LogP contribution in [0.25, 0.3) is 11.3 Å². The van der Waals surface area contributed by atoms with Crippen molar-refractivity contribution in [1.82, 2.24) is 15.3 Å². The Morgan fingerprint density at radius 3 is 2.69 bits per heavy atom. The second kappa shape index (κ2) is 9.44. The lowest BCUT2D eigenvalue weighted by molar-refractivity contribution is 0.221. The topological polar surface area (TPSA) is 60.7 Å². The third-order valence-corrected chi connectivity index (χ3v) is 5.38. The van der Waals surface area contributed by atoms with E-state index in [2.05, 4.69) is 41.4 Å². The van der Waals surface area contributed by atoms with Gasteiger partial charge in [-0.3, -0.25) is 0 Å². The Morgan fingerprint density at radius 1 is 1.25 bits per heavy atom. The Labute approximate surface area is 190 Å². The molecule has 2 aromatic rings. The predicted molar refractivity (Wildman–Crippen MR) is 132 cm³/mol. The van der Waals surface area contributed by atoms with Crippen molar-refractivity contribution in [3.63, 3.8) is 0 Å². The minimum absolute atomic E-state index is 0.625. The first-order chi connectivity index (χ1) is 15.1. The van der Waals surface area contributed by atoms with E-state index in [9.17, 15) is 4.39 Å². The molecule has 32 heavy (non-hydrogen) atoms. The maximum Gasteiger partial charge on any atom is 0.158 e. The molecule has 6 nitrogen and oxygen atoms in total. The summed E-state index contributed by atoms with van der Waals surface area (Å²) in [6.45, 7) is 13.0. The molecule has 1 aliphatic rings. The zero-order chi connectivity index (χ0) is 23.5. The van der Waals surface area contributed by atoms with Gasteiger partial charge in [0.05, 0.1) is 11.4 Å². The van der Waals surface area contributed by atoms with Crippen molar-refractivity contribution >= 4 is 11.5 Å². The van der Waals surface area contributed by atoms with E-state index in [-0.39, 0.29) is 0 Å². The van der Waals surface area contributed by atoms with Crippen LogP contribution in [0.2, 0.25) is 0 Å². The Balaban J connectivity index is 1.97. The average molecular weight is 437 g/mol. The highest BCUT2D eigenvalue weighted by atomic mass is 19.1. The molecule has 1 aromatic heterocycles. The molecule has 3 N–H and O–H groups in total. The van der Waals surface area contributed by atoms with E-state index in [1.165, 1.54) is 5.01 Å². The van der Waals surface area contributed by atoms with Crippen molar-refractivity contribution in [2.75, 3.05) is 37.0 Å². The van der Waals surface area contributed by atoms with Crippen LogP contribution in [0.3, 0.4) is 0 Å². The van der Waals surface area contributed by atoms with Crippen molar-refractivity contribution in [3.8, 4) is 11.3 Å². The van der Waals surface area contributed by atoms with Gasteiger partial charge in [-0.15, -0.1) is 0 Å². The quantitative estimate of drug-likeness (QED) is 0.379. The summed E-state index contributed by atoms with van der Waals surface area (Å²) < 4.78 is 14.5. The Morgan fingerprint density at radius 2 is 2.00 bits per heavy atom. The Bertz CT molecular complexity index is 1020. The van der Waals surface area contributed by atoms with E-state index in [1.807, 2.05) is 24.3 Å². The predicted octanol–water partition coefficient (Wildman–Crippen LogP) is 4.49. The van der Waals surface area contributed by atoms with Crippen LogP contribution in [-0.2, 0) is 5.67 Å². The van der Waals surface area contributed by atoms with Gasteiger partial charge in [-0.25, -0.2) is 15.2 Å². The van der Waals surface area contributed by atoms with E-state index in [0.717, 1.165) is 42.3 Å². The molecule has 0 radical (unpaired) electrons. The number of hydrazine groups is 1. The van der Waals surface area contributed by atoms with Crippen LogP contribution in [0.15, 0.2) is 73.4 Å². The van der Waals surface area contributed by atoms with Crippen LogP contribution in [0, 0.1) is 0 Å². The monoisotopic (exact) mass is 436 g/mol. The van der Waals surface area contributed by atoms with Crippen LogP contribution in [0.5, 0.6) is 0 Å². The molecule has 0 bridgehead atoms.